The summed E-state index contributed by atoms with van der Waals surface area (Å²) in [5.41, 5.74) is 2.72. The maximum atomic E-state index is 14.3. The van der Waals surface area contributed by atoms with E-state index in [0.717, 1.165) is 5.69 Å². The third kappa shape index (κ3) is 3.05. The van der Waals surface area contributed by atoms with Gasteiger partial charge in [0.05, 0.1) is 24.0 Å². The number of hydrogen-bond acceptors (Lipinski definition) is 6. The van der Waals surface area contributed by atoms with Crippen molar-refractivity contribution in [3.63, 3.8) is 0 Å². The molecule has 1 N–H and O–H groups in total. The molecular formula is C23H19FN6O3. The molecule has 1 aromatic carbocycles. The fraction of sp³-hybridized carbons (Fsp3) is 0.217. The van der Waals surface area contributed by atoms with Crippen molar-refractivity contribution in [2.24, 2.45) is 7.05 Å². The van der Waals surface area contributed by atoms with Gasteiger partial charge in [-0.05, 0) is 19.1 Å². The highest BCUT2D eigenvalue weighted by Crippen LogP contribution is 2.38. The normalized spacial score (nSPS) is 15.8. The van der Waals surface area contributed by atoms with Gasteiger partial charge in [0.15, 0.2) is 11.4 Å². The average Bonchev–Trinajstić information content (AvgIpc) is 3.58. The van der Waals surface area contributed by atoms with Crippen molar-refractivity contribution < 1.29 is 18.0 Å². The smallest absolute Gasteiger partial charge is 0.292 e. The number of carbonyl (C=O) groups excluding carboxylic acids is 1. The molecule has 0 spiro atoms. The Morgan fingerprint density at radius 1 is 1.27 bits per heavy atom. The third-order valence-electron chi connectivity index (χ3n) is 5.89. The zero-order valence-electron chi connectivity index (χ0n) is 17.9. The quantitative estimate of drug-likeness (QED) is 0.452. The molecule has 0 bridgehead atoms. The van der Waals surface area contributed by atoms with Gasteiger partial charge in [-0.2, -0.15) is 0 Å². The van der Waals surface area contributed by atoms with E-state index in [9.17, 15) is 9.18 Å². The number of rotatable bonds is 3. The zero-order valence-corrected chi connectivity index (χ0v) is 17.9. The van der Waals surface area contributed by atoms with Crippen LogP contribution in [0.1, 0.15) is 39.4 Å². The van der Waals surface area contributed by atoms with Gasteiger partial charge in [-0.25, -0.2) is 19.3 Å². The van der Waals surface area contributed by atoms with Crippen LogP contribution in [0.4, 0.5) is 4.39 Å². The Hall–Kier alpha value is -4.21. The number of fused-ring (bicyclic) bond motifs is 2. The highest BCUT2D eigenvalue weighted by molar-refractivity contribution is 5.93. The van der Waals surface area contributed by atoms with E-state index in [1.807, 2.05) is 7.05 Å². The Kier molecular flexibility index (Phi) is 4.22. The first kappa shape index (κ1) is 19.5. The number of H-pyrrole nitrogens is 1. The average molecular weight is 446 g/mol. The fourth-order valence-corrected chi connectivity index (χ4v) is 4.32. The summed E-state index contributed by atoms with van der Waals surface area (Å²) in [6, 6.07) is 5.85. The van der Waals surface area contributed by atoms with Crippen LogP contribution in [0.25, 0.3) is 22.6 Å². The van der Waals surface area contributed by atoms with Crippen molar-refractivity contribution in [1.29, 1.82) is 0 Å². The van der Waals surface area contributed by atoms with E-state index < -0.39 is 11.9 Å². The lowest BCUT2D eigenvalue weighted by atomic mass is 9.99. The van der Waals surface area contributed by atoms with Gasteiger partial charge in [-0.3, -0.25) is 4.79 Å². The van der Waals surface area contributed by atoms with Crippen molar-refractivity contribution in [1.82, 2.24) is 29.4 Å². The van der Waals surface area contributed by atoms with Gasteiger partial charge in [-0.15, -0.1) is 0 Å². The Balaban J connectivity index is 1.43. The SMILES string of the molecule is Cc1nc(-c2cn(C)cn2)oc1C(=O)N1CCc2[nH]cnc2[C@H]1c1cc2cccc(F)c2o1. The molecule has 6 rings (SSSR count). The van der Waals surface area contributed by atoms with E-state index in [2.05, 4.69) is 19.9 Å². The number of para-hydroxylation sites is 1. The molecule has 1 atom stereocenters. The molecule has 5 heterocycles. The number of benzene rings is 1. The van der Waals surface area contributed by atoms with Gasteiger partial charge >= 0.3 is 0 Å². The topological polar surface area (TPSA) is 106 Å². The van der Waals surface area contributed by atoms with Crippen molar-refractivity contribution in [2.75, 3.05) is 6.54 Å². The Labute approximate surface area is 186 Å². The minimum Gasteiger partial charge on any atom is -0.455 e. The van der Waals surface area contributed by atoms with Crippen LogP contribution < -0.4 is 0 Å². The molecule has 0 unspecified atom stereocenters. The number of amides is 1. The Bertz CT molecular complexity index is 1510. The number of halogens is 1. The predicted octanol–water partition coefficient (Wildman–Crippen LogP) is 3.78. The molecule has 9 nitrogen and oxygen atoms in total. The lowest BCUT2D eigenvalue weighted by Crippen LogP contribution is -2.40. The first-order valence-corrected chi connectivity index (χ1v) is 10.5. The summed E-state index contributed by atoms with van der Waals surface area (Å²) < 4.78 is 27.9. The van der Waals surface area contributed by atoms with E-state index in [1.165, 1.54) is 6.07 Å². The van der Waals surface area contributed by atoms with Crippen molar-refractivity contribution in [3.8, 4) is 11.6 Å². The van der Waals surface area contributed by atoms with Crippen LogP contribution >= 0.6 is 0 Å². The van der Waals surface area contributed by atoms with Gasteiger partial charge < -0.3 is 23.3 Å². The van der Waals surface area contributed by atoms with Crippen LogP contribution in [0.5, 0.6) is 0 Å². The second-order valence-corrected chi connectivity index (χ2v) is 8.08. The lowest BCUT2D eigenvalue weighted by molar-refractivity contribution is 0.0640. The molecule has 1 aliphatic heterocycles. The maximum absolute atomic E-state index is 14.3. The summed E-state index contributed by atoms with van der Waals surface area (Å²) in [7, 11) is 1.84. The zero-order chi connectivity index (χ0) is 22.7. The molecule has 4 aromatic heterocycles. The van der Waals surface area contributed by atoms with Crippen LogP contribution in [-0.4, -0.2) is 41.9 Å². The van der Waals surface area contributed by atoms with E-state index >= 15 is 0 Å². The number of aryl methyl sites for hydroxylation is 2. The molecule has 0 radical (unpaired) electrons. The molecule has 5 aromatic rings. The van der Waals surface area contributed by atoms with Crippen molar-refractivity contribution in [2.45, 2.75) is 19.4 Å². The molecule has 166 valence electrons. The first-order valence-electron chi connectivity index (χ1n) is 10.5. The van der Waals surface area contributed by atoms with Crippen LogP contribution in [0.2, 0.25) is 0 Å². The van der Waals surface area contributed by atoms with Gasteiger partial charge in [-0.1, -0.05) is 12.1 Å². The minimum atomic E-state index is -0.637. The van der Waals surface area contributed by atoms with Crippen molar-refractivity contribution in [3.05, 3.63) is 77.5 Å². The number of aromatic nitrogens is 5. The number of aromatic amines is 1. The van der Waals surface area contributed by atoms with E-state index in [0.29, 0.717) is 41.2 Å². The van der Waals surface area contributed by atoms with Crippen LogP contribution in [0.3, 0.4) is 0 Å². The second kappa shape index (κ2) is 7.16. The number of nitrogens with zero attached hydrogens (tertiary/aromatic N) is 5. The van der Waals surface area contributed by atoms with Crippen LogP contribution in [0.15, 0.2) is 52.0 Å². The van der Waals surface area contributed by atoms with Gasteiger partial charge in [0.1, 0.15) is 17.5 Å². The van der Waals surface area contributed by atoms with Gasteiger partial charge in [0, 0.05) is 37.3 Å². The highest BCUT2D eigenvalue weighted by atomic mass is 19.1. The largest absolute Gasteiger partial charge is 0.455 e. The molecule has 0 saturated heterocycles. The maximum Gasteiger partial charge on any atom is 0.292 e. The number of furan rings is 1. The number of hydrogen-bond donors (Lipinski definition) is 1. The molecule has 0 saturated carbocycles. The molecule has 10 heteroatoms. The summed E-state index contributed by atoms with van der Waals surface area (Å²) in [6.45, 7) is 2.12. The second-order valence-electron chi connectivity index (χ2n) is 8.08. The van der Waals surface area contributed by atoms with Gasteiger partial charge in [0.25, 0.3) is 5.91 Å². The van der Waals surface area contributed by atoms with Crippen LogP contribution in [-0.2, 0) is 13.5 Å². The molecule has 0 aliphatic carbocycles. The molecule has 0 fully saturated rings. The summed E-state index contributed by atoms with van der Waals surface area (Å²) in [6.07, 6.45) is 5.58. The van der Waals surface area contributed by atoms with E-state index in [1.54, 1.807) is 53.4 Å². The fourth-order valence-electron chi connectivity index (χ4n) is 4.32. The van der Waals surface area contributed by atoms with E-state index in [4.69, 9.17) is 8.83 Å². The predicted molar refractivity (Wildman–Crippen MR) is 115 cm³/mol. The number of nitrogens with one attached hydrogen (secondary N) is 1. The first-order chi connectivity index (χ1) is 16.0. The third-order valence-corrected chi connectivity index (χ3v) is 5.89. The standard InChI is InChI=1S/C23H19FN6O3/c1-12-20(33-22(28-12)16-9-29(2)11-27-16)23(31)30-7-6-15-18(26-10-25-15)19(30)17-8-13-4-3-5-14(24)21(13)32-17/h3-5,8-11,19H,6-7H2,1-2H3,(H,25,26)/t19-/m1/s1. The molecule has 33 heavy (non-hydrogen) atoms. The number of imidazole rings is 2. The number of carbonyl (C=O) groups is 1. The summed E-state index contributed by atoms with van der Waals surface area (Å²) in [5.74, 6) is 0.0272. The molecule has 1 amide bonds. The summed E-state index contributed by atoms with van der Waals surface area (Å²) in [5, 5.41) is 0.619. The summed E-state index contributed by atoms with van der Waals surface area (Å²) in [4.78, 5) is 31.5. The minimum absolute atomic E-state index is 0.127. The van der Waals surface area contributed by atoms with Gasteiger partial charge in [0.2, 0.25) is 11.7 Å². The monoisotopic (exact) mass is 446 g/mol. The Morgan fingerprint density at radius 2 is 2.15 bits per heavy atom. The van der Waals surface area contributed by atoms with Crippen molar-refractivity contribution >= 4 is 16.9 Å². The molecule has 1 aliphatic rings. The molecular weight excluding hydrogens is 427 g/mol. The number of oxazole rings is 1. The highest BCUT2D eigenvalue weighted by Gasteiger charge is 2.39. The lowest BCUT2D eigenvalue weighted by Gasteiger charge is -2.33. The summed E-state index contributed by atoms with van der Waals surface area (Å²) >= 11 is 0. The Morgan fingerprint density at radius 3 is 2.94 bits per heavy atom. The van der Waals surface area contributed by atoms with Crippen LogP contribution in [0, 0.1) is 12.7 Å². The van der Waals surface area contributed by atoms with E-state index in [-0.39, 0.29) is 23.1 Å².